The number of nitrogens with zero attached hydrogens (tertiary/aromatic N) is 2. The number of halogens is 2. The zero-order chi connectivity index (χ0) is 18.8. The van der Waals surface area contributed by atoms with Crippen LogP contribution >= 0.6 is 12.4 Å². The fraction of sp³-hybridized carbons (Fsp3) is 0.174. The molecule has 0 saturated carbocycles. The van der Waals surface area contributed by atoms with Gasteiger partial charge in [-0.2, -0.15) is 0 Å². The lowest BCUT2D eigenvalue weighted by molar-refractivity contribution is 0.296. The molecule has 0 aliphatic heterocycles. The van der Waals surface area contributed by atoms with E-state index >= 15 is 0 Å². The summed E-state index contributed by atoms with van der Waals surface area (Å²) in [4.78, 5) is 4.49. The van der Waals surface area contributed by atoms with Crippen molar-refractivity contribution in [3.63, 3.8) is 0 Å². The molecule has 0 N–H and O–H groups in total. The highest BCUT2D eigenvalue weighted by atomic mass is 35.5. The molecule has 3 nitrogen and oxygen atoms in total. The van der Waals surface area contributed by atoms with Gasteiger partial charge in [-0.05, 0) is 48.7 Å². The lowest BCUT2D eigenvalue weighted by atomic mass is 10.2. The molecule has 4 rings (SSSR count). The molecule has 0 fully saturated rings. The van der Waals surface area contributed by atoms with Crippen LogP contribution in [0.4, 0.5) is 4.39 Å². The highest BCUT2D eigenvalue weighted by molar-refractivity contribution is 5.89. The lowest BCUT2D eigenvalue weighted by Gasteiger charge is -2.12. The Bertz CT molecular complexity index is 1080. The van der Waals surface area contributed by atoms with Crippen LogP contribution in [0.3, 0.4) is 0 Å². The number of aryl methyl sites for hydroxylation is 1. The molecule has 0 unspecified atom stereocenters. The van der Waals surface area contributed by atoms with E-state index in [1.54, 1.807) is 6.20 Å². The Balaban J connectivity index is 0.00000225. The van der Waals surface area contributed by atoms with Crippen molar-refractivity contribution in [1.82, 2.24) is 9.55 Å². The minimum absolute atomic E-state index is 0. The molecule has 5 heteroatoms. The summed E-state index contributed by atoms with van der Waals surface area (Å²) >= 11 is 0. The second-order valence-corrected chi connectivity index (χ2v) is 6.71. The van der Waals surface area contributed by atoms with Crippen molar-refractivity contribution in [2.75, 3.05) is 0 Å². The predicted octanol–water partition coefficient (Wildman–Crippen LogP) is 5.84. The van der Waals surface area contributed by atoms with Gasteiger partial charge >= 0.3 is 0 Å². The van der Waals surface area contributed by atoms with Crippen molar-refractivity contribution in [3.05, 3.63) is 95.1 Å². The van der Waals surface area contributed by atoms with Gasteiger partial charge in [-0.1, -0.05) is 42.5 Å². The summed E-state index contributed by atoms with van der Waals surface area (Å²) in [5, 5.41) is 1.13. The molecule has 144 valence electrons. The molecule has 0 bridgehead atoms. The van der Waals surface area contributed by atoms with Crippen LogP contribution in [-0.2, 0) is 13.2 Å². The second kappa shape index (κ2) is 8.44. The predicted molar refractivity (Wildman–Crippen MR) is 113 cm³/mol. The first kappa shape index (κ1) is 19.9. The topological polar surface area (TPSA) is 27.1 Å². The molecule has 2 aromatic carbocycles. The average Bonchev–Trinajstić information content (AvgIpc) is 2.94. The zero-order valence-electron chi connectivity index (χ0n) is 15.9. The lowest BCUT2D eigenvalue weighted by Crippen LogP contribution is -2.05. The van der Waals surface area contributed by atoms with Gasteiger partial charge in [0.15, 0.2) is 0 Å². The van der Waals surface area contributed by atoms with Crippen molar-refractivity contribution in [1.29, 1.82) is 0 Å². The van der Waals surface area contributed by atoms with E-state index in [1.807, 2.05) is 48.5 Å². The quantitative estimate of drug-likeness (QED) is 0.423. The third kappa shape index (κ3) is 3.87. The van der Waals surface area contributed by atoms with Crippen LogP contribution in [0, 0.1) is 19.7 Å². The van der Waals surface area contributed by atoms with Gasteiger partial charge in [-0.3, -0.25) is 0 Å². The van der Waals surface area contributed by atoms with Gasteiger partial charge in [-0.15, -0.1) is 12.4 Å². The maximum atomic E-state index is 13.3. The number of pyridine rings is 1. The van der Waals surface area contributed by atoms with E-state index < -0.39 is 0 Å². The van der Waals surface area contributed by atoms with Crippen molar-refractivity contribution >= 4 is 23.3 Å². The van der Waals surface area contributed by atoms with Crippen molar-refractivity contribution < 1.29 is 9.13 Å². The van der Waals surface area contributed by atoms with E-state index in [2.05, 4.69) is 23.4 Å². The number of aromatic nitrogens is 2. The minimum atomic E-state index is -0.224. The molecule has 0 atom stereocenters. The number of fused-ring (bicyclic) bond motifs is 1. The zero-order valence-corrected chi connectivity index (χ0v) is 16.7. The highest BCUT2D eigenvalue weighted by Gasteiger charge is 2.16. The second-order valence-electron chi connectivity index (χ2n) is 6.71. The number of hydrogen-bond donors (Lipinski definition) is 0. The van der Waals surface area contributed by atoms with E-state index in [0.29, 0.717) is 19.0 Å². The van der Waals surface area contributed by atoms with Gasteiger partial charge in [0, 0.05) is 23.8 Å². The number of benzene rings is 2. The first-order chi connectivity index (χ1) is 13.1. The molecule has 0 aliphatic carbocycles. The molecule has 0 saturated heterocycles. The summed E-state index contributed by atoms with van der Waals surface area (Å²) in [6, 6.07) is 18.7. The molecule has 0 amide bonds. The fourth-order valence-electron chi connectivity index (χ4n) is 3.36. The van der Waals surface area contributed by atoms with Crippen LogP contribution in [0.15, 0.2) is 66.9 Å². The summed E-state index contributed by atoms with van der Waals surface area (Å²) in [6.45, 7) is 5.32. The first-order valence-electron chi connectivity index (χ1n) is 8.99. The summed E-state index contributed by atoms with van der Waals surface area (Å²) in [6.07, 6.45) is 1.79. The Morgan fingerprint density at radius 1 is 0.929 bits per heavy atom. The van der Waals surface area contributed by atoms with Crippen LogP contribution < -0.4 is 4.74 Å². The van der Waals surface area contributed by atoms with Gasteiger partial charge < -0.3 is 9.30 Å². The van der Waals surface area contributed by atoms with Gasteiger partial charge in [0.25, 0.3) is 0 Å². The fourth-order valence-corrected chi connectivity index (χ4v) is 3.36. The molecular formula is C23H22ClFN2O. The van der Waals surface area contributed by atoms with E-state index in [0.717, 1.165) is 27.7 Å². The summed E-state index contributed by atoms with van der Waals surface area (Å²) in [5.74, 6) is 0.396. The maximum absolute atomic E-state index is 13.3. The molecule has 2 heterocycles. The Morgan fingerprint density at radius 3 is 2.36 bits per heavy atom. The van der Waals surface area contributed by atoms with Gasteiger partial charge in [0.05, 0.1) is 0 Å². The standard InChI is InChI=1S/C23H21FN2O.ClH/c1-16-17(2)26(14-18-8-10-20(24)11-9-18)22-21(16)12-13-25-23(22)27-15-19-6-4-3-5-7-19;/h3-13H,14-15H2,1-2H3;1H. The monoisotopic (exact) mass is 396 g/mol. The molecule has 0 aliphatic rings. The minimum Gasteiger partial charge on any atom is -0.471 e. The van der Waals surface area contributed by atoms with Crippen LogP contribution in [0.5, 0.6) is 5.88 Å². The third-order valence-electron chi connectivity index (χ3n) is 4.98. The van der Waals surface area contributed by atoms with Crippen LogP contribution in [0.25, 0.3) is 10.9 Å². The number of hydrogen-bond acceptors (Lipinski definition) is 2. The largest absolute Gasteiger partial charge is 0.471 e. The van der Waals surface area contributed by atoms with Gasteiger partial charge in [0.1, 0.15) is 17.9 Å². The van der Waals surface area contributed by atoms with Gasteiger partial charge in [0.2, 0.25) is 5.88 Å². The molecular weight excluding hydrogens is 375 g/mol. The normalized spacial score (nSPS) is 10.7. The van der Waals surface area contributed by atoms with Crippen molar-refractivity contribution in [2.24, 2.45) is 0 Å². The molecule has 0 spiro atoms. The Hall–Kier alpha value is -2.85. The summed E-state index contributed by atoms with van der Waals surface area (Å²) in [7, 11) is 0. The maximum Gasteiger partial charge on any atom is 0.238 e. The van der Waals surface area contributed by atoms with Crippen LogP contribution in [0.1, 0.15) is 22.4 Å². The molecule has 28 heavy (non-hydrogen) atoms. The summed E-state index contributed by atoms with van der Waals surface area (Å²) in [5.41, 5.74) is 5.48. The van der Waals surface area contributed by atoms with E-state index in [1.165, 1.54) is 17.7 Å². The van der Waals surface area contributed by atoms with Gasteiger partial charge in [-0.25, -0.2) is 9.37 Å². The Morgan fingerprint density at radius 2 is 1.64 bits per heavy atom. The SMILES string of the molecule is Cc1c(C)n(Cc2ccc(F)cc2)c2c(OCc3ccccc3)nccc12.Cl. The van der Waals surface area contributed by atoms with Crippen LogP contribution in [0.2, 0.25) is 0 Å². The molecule has 2 aromatic heterocycles. The Labute approximate surface area is 170 Å². The van der Waals surface area contributed by atoms with E-state index in [4.69, 9.17) is 4.74 Å². The van der Waals surface area contributed by atoms with E-state index in [9.17, 15) is 4.39 Å². The van der Waals surface area contributed by atoms with E-state index in [-0.39, 0.29) is 18.2 Å². The smallest absolute Gasteiger partial charge is 0.238 e. The van der Waals surface area contributed by atoms with Crippen molar-refractivity contribution in [3.8, 4) is 5.88 Å². The molecule has 4 aromatic rings. The number of rotatable bonds is 5. The highest BCUT2D eigenvalue weighted by Crippen LogP contribution is 2.32. The first-order valence-corrected chi connectivity index (χ1v) is 8.99. The Kier molecular flexibility index (Phi) is 6.00. The third-order valence-corrected chi connectivity index (χ3v) is 4.98. The average molecular weight is 397 g/mol. The number of ether oxygens (including phenoxy) is 1. The molecule has 0 radical (unpaired) electrons. The summed E-state index contributed by atoms with van der Waals surface area (Å²) < 4.78 is 21.5. The van der Waals surface area contributed by atoms with Crippen molar-refractivity contribution in [2.45, 2.75) is 27.0 Å². The van der Waals surface area contributed by atoms with Crippen LogP contribution in [-0.4, -0.2) is 9.55 Å².